The van der Waals surface area contributed by atoms with Crippen LogP contribution in [-0.4, -0.2) is 32.5 Å². The predicted molar refractivity (Wildman–Crippen MR) is 110 cm³/mol. The van der Waals surface area contributed by atoms with Gasteiger partial charge >= 0.3 is 5.69 Å². The molecule has 10 heteroatoms. The Labute approximate surface area is 173 Å². The number of aromatic amines is 1. The van der Waals surface area contributed by atoms with Crippen LogP contribution in [-0.2, 0) is 0 Å². The molecule has 2 heterocycles. The van der Waals surface area contributed by atoms with Crippen LogP contribution in [0.2, 0.25) is 10.0 Å². The molecule has 146 valence electrons. The molecule has 0 fully saturated rings. The number of nitrogens with two attached hydrogens (primary N) is 1. The quantitative estimate of drug-likeness (QED) is 0.516. The number of nitrogens with zero attached hydrogens (tertiary/aromatic N) is 3. The van der Waals surface area contributed by atoms with E-state index in [1.807, 2.05) is 0 Å². The molecule has 3 N–H and O–H groups in total. The third-order valence-corrected chi connectivity index (χ3v) is 4.80. The van der Waals surface area contributed by atoms with Gasteiger partial charge in [-0.05, 0) is 30.3 Å². The predicted octanol–water partition coefficient (Wildman–Crippen LogP) is 3.19. The minimum Gasteiger partial charge on any atom is -0.497 e. The van der Waals surface area contributed by atoms with E-state index in [0.29, 0.717) is 22.0 Å². The molecule has 1 amide bonds. The molecule has 0 saturated carbocycles. The number of primary amides is 1. The van der Waals surface area contributed by atoms with Gasteiger partial charge in [0.25, 0.3) is 5.91 Å². The van der Waals surface area contributed by atoms with E-state index in [1.54, 1.807) is 36.4 Å². The van der Waals surface area contributed by atoms with Crippen molar-refractivity contribution in [2.45, 2.75) is 0 Å². The molecular formula is C19H13Cl2N5O3. The van der Waals surface area contributed by atoms with E-state index in [-0.39, 0.29) is 27.7 Å². The molecule has 0 unspecified atom stereocenters. The molecule has 8 nitrogen and oxygen atoms in total. The zero-order chi connectivity index (χ0) is 20.7. The first kappa shape index (κ1) is 19.0. The van der Waals surface area contributed by atoms with Crippen LogP contribution in [0.25, 0.3) is 28.2 Å². The Bertz CT molecular complexity index is 1330. The number of amides is 1. The number of rotatable bonds is 4. The molecular weight excluding hydrogens is 417 g/mol. The van der Waals surface area contributed by atoms with E-state index in [2.05, 4.69) is 15.0 Å². The zero-order valence-corrected chi connectivity index (χ0v) is 16.5. The highest BCUT2D eigenvalue weighted by atomic mass is 35.5. The molecule has 0 aliphatic heterocycles. The Hall–Kier alpha value is -3.36. The van der Waals surface area contributed by atoms with Crippen molar-refractivity contribution in [1.29, 1.82) is 0 Å². The number of aromatic nitrogens is 4. The highest BCUT2D eigenvalue weighted by Gasteiger charge is 2.21. The van der Waals surface area contributed by atoms with Crippen molar-refractivity contribution in [3.8, 4) is 22.8 Å². The van der Waals surface area contributed by atoms with Crippen LogP contribution in [0, 0.1) is 0 Å². The van der Waals surface area contributed by atoms with E-state index in [4.69, 9.17) is 33.7 Å². The van der Waals surface area contributed by atoms with E-state index in [9.17, 15) is 9.59 Å². The molecule has 29 heavy (non-hydrogen) atoms. The largest absolute Gasteiger partial charge is 0.497 e. The molecule has 0 spiro atoms. The first-order valence-electron chi connectivity index (χ1n) is 8.31. The fourth-order valence-electron chi connectivity index (χ4n) is 2.94. The maximum absolute atomic E-state index is 12.7. The van der Waals surface area contributed by atoms with E-state index in [1.165, 1.54) is 17.7 Å². The summed E-state index contributed by atoms with van der Waals surface area (Å²) in [4.78, 5) is 36.0. The summed E-state index contributed by atoms with van der Waals surface area (Å²) < 4.78 is 6.53. The molecule has 4 aromatic rings. The van der Waals surface area contributed by atoms with Crippen LogP contribution >= 0.6 is 23.2 Å². The summed E-state index contributed by atoms with van der Waals surface area (Å²) in [5, 5.41) is 0.725. The lowest BCUT2D eigenvalue weighted by atomic mass is 10.2. The molecule has 0 bridgehead atoms. The Morgan fingerprint density at radius 3 is 2.66 bits per heavy atom. The molecule has 0 aliphatic carbocycles. The SMILES string of the molecule is COc1cccc(-n2c(=O)[nH]c3c(C(N)=O)nc(-c4ccc(Cl)cc4Cl)nc32)c1. The molecule has 0 saturated heterocycles. The van der Waals surface area contributed by atoms with Gasteiger partial charge in [-0.3, -0.25) is 4.79 Å². The van der Waals surface area contributed by atoms with Gasteiger partial charge in [0.2, 0.25) is 0 Å². The molecule has 0 aliphatic rings. The fraction of sp³-hybridized carbons (Fsp3) is 0.0526. The van der Waals surface area contributed by atoms with Crippen LogP contribution in [0.5, 0.6) is 5.75 Å². The summed E-state index contributed by atoms with van der Waals surface area (Å²) in [5.41, 5.74) is 6.08. The first-order chi connectivity index (χ1) is 13.9. The van der Waals surface area contributed by atoms with Gasteiger partial charge in [-0.25, -0.2) is 19.3 Å². The normalized spacial score (nSPS) is 11.0. The topological polar surface area (TPSA) is 116 Å². The van der Waals surface area contributed by atoms with Gasteiger partial charge in [0, 0.05) is 16.7 Å². The standard InChI is InChI=1S/C19H13Cl2N5O3/c1-29-11-4-2-3-10(8-11)26-18-15(24-19(26)28)14(16(22)27)23-17(25-18)12-6-5-9(20)7-13(12)21/h2-8H,1H3,(H2,22,27)(H,24,28). The van der Waals surface area contributed by atoms with Gasteiger partial charge in [0.15, 0.2) is 17.2 Å². The maximum atomic E-state index is 12.7. The van der Waals surface area contributed by atoms with Crippen LogP contribution in [0.3, 0.4) is 0 Å². The van der Waals surface area contributed by atoms with Crippen molar-refractivity contribution < 1.29 is 9.53 Å². The van der Waals surface area contributed by atoms with Crippen LogP contribution < -0.4 is 16.2 Å². The number of methoxy groups -OCH3 is 1. The molecule has 2 aromatic carbocycles. The van der Waals surface area contributed by atoms with Gasteiger partial charge in [-0.2, -0.15) is 0 Å². The summed E-state index contributed by atoms with van der Waals surface area (Å²) in [6.45, 7) is 0. The van der Waals surface area contributed by atoms with Gasteiger partial charge in [-0.1, -0.05) is 29.3 Å². The Morgan fingerprint density at radius 1 is 1.17 bits per heavy atom. The zero-order valence-electron chi connectivity index (χ0n) is 14.9. The highest BCUT2D eigenvalue weighted by Crippen LogP contribution is 2.30. The summed E-state index contributed by atoms with van der Waals surface area (Å²) in [6.07, 6.45) is 0. The minimum absolute atomic E-state index is 0.124. The third-order valence-electron chi connectivity index (χ3n) is 4.25. The number of carbonyl (C=O) groups is 1. The molecule has 0 radical (unpaired) electrons. The van der Waals surface area contributed by atoms with Gasteiger partial charge in [0.05, 0.1) is 17.8 Å². The van der Waals surface area contributed by atoms with Crippen LogP contribution in [0.1, 0.15) is 10.5 Å². The highest BCUT2D eigenvalue weighted by molar-refractivity contribution is 6.36. The van der Waals surface area contributed by atoms with Gasteiger partial charge in [-0.15, -0.1) is 0 Å². The van der Waals surface area contributed by atoms with Crippen molar-refractivity contribution in [3.63, 3.8) is 0 Å². The minimum atomic E-state index is -0.817. The summed E-state index contributed by atoms with van der Waals surface area (Å²) in [7, 11) is 1.52. The lowest BCUT2D eigenvalue weighted by Crippen LogP contribution is -2.15. The number of ether oxygens (including phenoxy) is 1. The van der Waals surface area contributed by atoms with Crippen molar-refractivity contribution >= 4 is 40.3 Å². The Morgan fingerprint density at radius 2 is 1.97 bits per heavy atom. The average molecular weight is 430 g/mol. The second-order valence-electron chi connectivity index (χ2n) is 6.05. The number of halogens is 2. The molecule has 4 rings (SSSR count). The third kappa shape index (κ3) is 3.32. The van der Waals surface area contributed by atoms with E-state index >= 15 is 0 Å². The van der Waals surface area contributed by atoms with Gasteiger partial charge < -0.3 is 15.5 Å². The van der Waals surface area contributed by atoms with Crippen LogP contribution in [0.15, 0.2) is 47.3 Å². The van der Waals surface area contributed by atoms with Crippen LogP contribution in [0.4, 0.5) is 0 Å². The maximum Gasteiger partial charge on any atom is 0.332 e. The van der Waals surface area contributed by atoms with Gasteiger partial charge in [0.1, 0.15) is 11.3 Å². The average Bonchev–Trinajstić information content (AvgIpc) is 3.02. The number of hydrogen-bond acceptors (Lipinski definition) is 5. The number of benzene rings is 2. The van der Waals surface area contributed by atoms with Crippen molar-refractivity contribution in [3.05, 3.63) is 68.7 Å². The summed E-state index contributed by atoms with van der Waals surface area (Å²) in [5.74, 6) is -0.139. The number of fused-ring (bicyclic) bond motifs is 1. The second kappa shape index (κ2) is 7.23. The Kier molecular flexibility index (Phi) is 4.73. The number of carbonyl (C=O) groups excluding carboxylic acids is 1. The lowest BCUT2D eigenvalue weighted by molar-refractivity contribution is 0.0997. The Balaban J connectivity index is 2.06. The monoisotopic (exact) mass is 429 g/mol. The van der Waals surface area contributed by atoms with Crippen molar-refractivity contribution in [1.82, 2.24) is 19.5 Å². The summed E-state index contributed by atoms with van der Waals surface area (Å²) in [6, 6.07) is 11.6. The second-order valence-corrected chi connectivity index (χ2v) is 6.89. The fourth-order valence-corrected chi connectivity index (χ4v) is 3.44. The number of nitrogens with one attached hydrogen (secondary N) is 1. The summed E-state index contributed by atoms with van der Waals surface area (Å²) >= 11 is 12.2. The lowest BCUT2D eigenvalue weighted by Gasteiger charge is -2.08. The van der Waals surface area contributed by atoms with Crippen molar-refractivity contribution in [2.75, 3.05) is 7.11 Å². The first-order valence-corrected chi connectivity index (χ1v) is 9.07. The molecule has 0 atom stereocenters. The number of H-pyrrole nitrogens is 1. The van der Waals surface area contributed by atoms with E-state index < -0.39 is 11.6 Å². The number of imidazole rings is 1. The van der Waals surface area contributed by atoms with E-state index in [0.717, 1.165) is 0 Å². The smallest absolute Gasteiger partial charge is 0.332 e. The number of hydrogen-bond donors (Lipinski definition) is 2. The molecule has 2 aromatic heterocycles. The van der Waals surface area contributed by atoms with Crippen molar-refractivity contribution in [2.24, 2.45) is 5.73 Å².